The molecule has 0 saturated heterocycles. The summed E-state index contributed by atoms with van der Waals surface area (Å²) in [7, 11) is 0. The van der Waals surface area contributed by atoms with E-state index < -0.39 is 0 Å². The van der Waals surface area contributed by atoms with Gasteiger partial charge in [0, 0.05) is 19.0 Å². The van der Waals surface area contributed by atoms with Gasteiger partial charge in [0.1, 0.15) is 6.61 Å². The third-order valence-electron chi connectivity index (χ3n) is 1.19. The number of imidazole rings is 1. The van der Waals surface area contributed by atoms with Crippen molar-refractivity contribution < 1.29 is 9.53 Å². The highest BCUT2D eigenvalue weighted by Crippen LogP contribution is 1.93. The maximum absolute atomic E-state index is 11.0. The van der Waals surface area contributed by atoms with E-state index >= 15 is 0 Å². The number of carbonyl (C=O) groups is 1. The molecule has 5 nitrogen and oxygen atoms in total. The van der Waals surface area contributed by atoms with Gasteiger partial charge in [0.25, 0.3) is 5.91 Å². The van der Waals surface area contributed by atoms with Crippen LogP contribution in [0.2, 0.25) is 0 Å². The number of hydrogen-bond acceptors (Lipinski definition) is 3. The van der Waals surface area contributed by atoms with Gasteiger partial charge in [-0.25, -0.2) is 4.98 Å². The Labute approximate surface area is 70.1 Å². The molecule has 1 heterocycles. The van der Waals surface area contributed by atoms with Crippen LogP contribution in [-0.2, 0) is 9.53 Å². The monoisotopic (exact) mass is 169 g/mol. The van der Waals surface area contributed by atoms with Crippen LogP contribution in [0, 0.1) is 0 Å². The van der Waals surface area contributed by atoms with Crippen LogP contribution in [0.15, 0.2) is 12.4 Å². The van der Waals surface area contributed by atoms with Crippen LogP contribution >= 0.6 is 0 Å². The summed E-state index contributed by atoms with van der Waals surface area (Å²) in [6.07, 6.45) is 3.20. The number of carbonyl (C=O) groups excluding carboxylic acids is 1. The number of rotatable bonds is 4. The van der Waals surface area contributed by atoms with Crippen molar-refractivity contribution >= 4 is 11.9 Å². The standard InChI is InChI=1S/C7H11N3O2/c1-2-12-5-6(11)10-7-8-3-4-9-7/h3-4H,2,5H2,1H3,(H2,8,9,10,11). The molecule has 1 aromatic heterocycles. The van der Waals surface area contributed by atoms with Crippen LogP contribution < -0.4 is 5.32 Å². The van der Waals surface area contributed by atoms with Crippen molar-refractivity contribution in [2.45, 2.75) is 6.92 Å². The summed E-state index contributed by atoms with van der Waals surface area (Å²) in [6, 6.07) is 0. The summed E-state index contributed by atoms with van der Waals surface area (Å²) in [5, 5.41) is 2.53. The molecule has 0 bridgehead atoms. The number of aromatic nitrogens is 2. The summed E-state index contributed by atoms with van der Waals surface area (Å²) in [6.45, 7) is 2.43. The fourth-order valence-electron chi connectivity index (χ4n) is 0.697. The van der Waals surface area contributed by atoms with Crippen LogP contribution in [0.4, 0.5) is 5.95 Å². The lowest BCUT2D eigenvalue weighted by Gasteiger charge is -2.00. The lowest BCUT2D eigenvalue weighted by molar-refractivity contribution is -0.120. The molecule has 0 spiro atoms. The lowest BCUT2D eigenvalue weighted by atomic mass is 10.6. The number of ether oxygens (including phenoxy) is 1. The molecule has 1 aromatic rings. The third kappa shape index (κ3) is 2.71. The molecule has 1 rings (SSSR count). The molecule has 0 aliphatic heterocycles. The second kappa shape index (κ2) is 4.50. The molecule has 0 aliphatic carbocycles. The molecule has 0 atom stereocenters. The van der Waals surface area contributed by atoms with Gasteiger partial charge in [-0.2, -0.15) is 0 Å². The molecule has 1 amide bonds. The largest absolute Gasteiger partial charge is 0.372 e. The maximum atomic E-state index is 11.0. The zero-order valence-electron chi connectivity index (χ0n) is 6.83. The smallest absolute Gasteiger partial charge is 0.252 e. The van der Waals surface area contributed by atoms with Crippen molar-refractivity contribution in [2.75, 3.05) is 18.5 Å². The lowest BCUT2D eigenvalue weighted by Crippen LogP contribution is -2.18. The number of H-pyrrole nitrogens is 1. The van der Waals surface area contributed by atoms with E-state index in [1.807, 2.05) is 6.92 Å². The molecule has 0 aliphatic rings. The van der Waals surface area contributed by atoms with Crippen molar-refractivity contribution in [2.24, 2.45) is 0 Å². The van der Waals surface area contributed by atoms with E-state index in [9.17, 15) is 4.79 Å². The van der Waals surface area contributed by atoms with Gasteiger partial charge in [-0.1, -0.05) is 0 Å². The number of hydrogen-bond donors (Lipinski definition) is 2. The van der Waals surface area contributed by atoms with Gasteiger partial charge in [-0.05, 0) is 6.92 Å². The quantitative estimate of drug-likeness (QED) is 0.684. The van der Waals surface area contributed by atoms with E-state index in [0.29, 0.717) is 12.6 Å². The van der Waals surface area contributed by atoms with Gasteiger partial charge in [0.15, 0.2) is 0 Å². The average molecular weight is 169 g/mol. The van der Waals surface area contributed by atoms with Crippen LogP contribution in [0.3, 0.4) is 0 Å². The second-order valence-electron chi connectivity index (χ2n) is 2.12. The fourth-order valence-corrected chi connectivity index (χ4v) is 0.697. The Hall–Kier alpha value is -1.36. The molecular weight excluding hydrogens is 158 g/mol. The normalized spacial score (nSPS) is 9.75. The predicted molar refractivity (Wildman–Crippen MR) is 43.7 cm³/mol. The second-order valence-corrected chi connectivity index (χ2v) is 2.12. The van der Waals surface area contributed by atoms with E-state index in [2.05, 4.69) is 15.3 Å². The number of amides is 1. The molecule has 5 heteroatoms. The molecule has 12 heavy (non-hydrogen) atoms. The topological polar surface area (TPSA) is 67.0 Å². The number of anilines is 1. The van der Waals surface area contributed by atoms with Gasteiger partial charge < -0.3 is 9.72 Å². The summed E-state index contributed by atoms with van der Waals surface area (Å²) < 4.78 is 4.89. The zero-order valence-corrected chi connectivity index (χ0v) is 6.83. The van der Waals surface area contributed by atoms with Gasteiger partial charge in [-0.15, -0.1) is 0 Å². The molecular formula is C7H11N3O2. The van der Waals surface area contributed by atoms with Crippen molar-refractivity contribution in [1.82, 2.24) is 9.97 Å². The SMILES string of the molecule is CCOCC(=O)Nc1ncc[nH]1. The molecule has 0 fully saturated rings. The van der Waals surface area contributed by atoms with Crippen LogP contribution in [0.1, 0.15) is 6.92 Å². The fraction of sp³-hybridized carbons (Fsp3) is 0.429. The van der Waals surface area contributed by atoms with Gasteiger partial charge in [-0.3, -0.25) is 10.1 Å². The Morgan fingerprint density at radius 3 is 3.25 bits per heavy atom. The van der Waals surface area contributed by atoms with E-state index in [0.717, 1.165) is 0 Å². The van der Waals surface area contributed by atoms with Gasteiger partial charge in [0.05, 0.1) is 0 Å². The van der Waals surface area contributed by atoms with Gasteiger partial charge in [0.2, 0.25) is 5.95 Å². The first kappa shape index (κ1) is 8.73. The predicted octanol–water partition coefficient (Wildman–Crippen LogP) is 0.385. The minimum atomic E-state index is -0.202. The molecule has 0 saturated carbocycles. The van der Waals surface area contributed by atoms with Crippen molar-refractivity contribution in [1.29, 1.82) is 0 Å². The first-order valence-corrected chi connectivity index (χ1v) is 3.70. The van der Waals surface area contributed by atoms with Crippen LogP contribution in [0.25, 0.3) is 0 Å². The number of nitrogens with zero attached hydrogens (tertiary/aromatic N) is 1. The van der Waals surface area contributed by atoms with Crippen molar-refractivity contribution in [3.05, 3.63) is 12.4 Å². The Morgan fingerprint density at radius 1 is 1.83 bits per heavy atom. The first-order chi connectivity index (χ1) is 5.83. The Bertz CT molecular complexity index is 233. The minimum Gasteiger partial charge on any atom is -0.372 e. The highest BCUT2D eigenvalue weighted by atomic mass is 16.5. The summed E-state index contributed by atoms with van der Waals surface area (Å²) >= 11 is 0. The molecule has 0 aromatic carbocycles. The summed E-state index contributed by atoms with van der Waals surface area (Å²) in [4.78, 5) is 17.5. The van der Waals surface area contributed by atoms with E-state index in [1.54, 1.807) is 12.4 Å². The first-order valence-electron chi connectivity index (χ1n) is 3.70. The van der Waals surface area contributed by atoms with Crippen molar-refractivity contribution in [3.8, 4) is 0 Å². The van der Waals surface area contributed by atoms with E-state index in [4.69, 9.17) is 4.74 Å². The summed E-state index contributed by atoms with van der Waals surface area (Å²) in [5.74, 6) is 0.242. The third-order valence-corrected chi connectivity index (χ3v) is 1.19. The highest BCUT2D eigenvalue weighted by Gasteiger charge is 2.01. The summed E-state index contributed by atoms with van der Waals surface area (Å²) in [5.41, 5.74) is 0. The zero-order chi connectivity index (χ0) is 8.81. The molecule has 66 valence electrons. The van der Waals surface area contributed by atoms with Crippen LogP contribution in [0.5, 0.6) is 0 Å². The average Bonchev–Trinajstić information content (AvgIpc) is 2.53. The molecule has 2 N–H and O–H groups in total. The van der Waals surface area contributed by atoms with E-state index in [-0.39, 0.29) is 12.5 Å². The van der Waals surface area contributed by atoms with Crippen molar-refractivity contribution in [3.63, 3.8) is 0 Å². The Balaban J connectivity index is 2.27. The number of aromatic amines is 1. The number of nitrogens with one attached hydrogen (secondary N) is 2. The van der Waals surface area contributed by atoms with Gasteiger partial charge >= 0.3 is 0 Å². The Morgan fingerprint density at radius 2 is 2.67 bits per heavy atom. The minimum absolute atomic E-state index is 0.0667. The van der Waals surface area contributed by atoms with Crippen LogP contribution in [-0.4, -0.2) is 29.1 Å². The molecule has 0 unspecified atom stereocenters. The van der Waals surface area contributed by atoms with E-state index in [1.165, 1.54) is 0 Å². The molecule has 0 radical (unpaired) electrons. The highest BCUT2D eigenvalue weighted by molar-refractivity contribution is 5.89. The maximum Gasteiger partial charge on any atom is 0.252 e. The Kier molecular flexibility index (Phi) is 3.28.